The van der Waals surface area contributed by atoms with E-state index in [2.05, 4.69) is 4.74 Å². The van der Waals surface area contributed by atoms with Crippen LogP contribution in [0, 0.1) is 10.8 Å². The van der Waals surface area contributed by atoms with Crippen molar-refractivity contribution < 1.29 is 98.8 Å². The molecule has 0 saturated carbocycles. The van der Waals surface area contributed by atoms with Gasteiger partial charge in [-0.2, -0.15) is 0 Å². The second kappa shape index (κ2) is 36.6. The molecule has 0 radical (unpaired) electrons. The number of allylic oxidation sites excluding steroid dienone is 20. The summed E-state index contributed by atoms with van der Waals surface area (Å²) < 4.78 is 20.2. The molecular formula is C61H88O20. The third-order valence-electron chi connectivity index (χ3n) is 13.2. The van der Waals surface area contributed by atoms with Crippen molar-refractivity contribution in [3.8, 4) is 0 Å². The van der Waals surface area contributed by atoms with Gasteiger partial charge in [-0.15, -0.1) is 0 Å². The summed E-state index contributed by atoms with van der Waals surface area (Å²) in [5.74, 6) is -2.79. The molecule has 0 saturated heterocycles. The van der Waals surface area contributed by atoms with Crippen LogP contribution in [-0.4, -0.2) is 181 Å². The Labute approximate surface area is 475 Å². The number of esters is 3. The van der Waals surface area contributed by atoms with E-state index in [1.165, 1.54) is 7.11 Å². The number of rotatable bonds is 30. The number of methoxy groups -OCH3 is 1. The van der Waals surface area contributed by atoms with E-state index in [9.17, 15) is 49.2 Å². The van der Waals surface area contributed by atoms with Crippen molar-refractivity contribution in [3.05, 3.63) is 130 Å². The predicted octanol–water partition coefficient (Wildman–Crippen LogP) is 3.81. The predicted molar refractivity (Wildman–Crippen MR) is 302 cm³/mol. The zero-order chi connectivity index (χ0) is 61.8. The van der Waals surface area contributed by atoms with Crippen LogP contribution in [0.3, 0.4) is 0 Å². The third kappa shape index (κ3) is 25.9. The second-order valence-corrected chi connectivity index (χ2v) is 21.3. The largest absolute Gasteiger partial charge is 0.463 e. The molecule has 10 N–H and O–H groups in total. The van der Waals surface area contributed by atoms with Gasteiger partial charge in [0.2, 0.25) is 0 Å². The van der Waals surface area contributed by atoms with Gasteiger partial charge >= 0.3 is 17.9 Å². The van der Waals surface area contributed by atoms with Crippen molar-refractivity contribution in [2.24, 2.45) is 10.8 Å². The van der Waals surface area contributed by atoms with E-state index in [4.69, 9.17) is 44.8 Å². The number of carbonyl (C=O) groups is 6. The molecule has 20 heteroatoms. The van der Waals surface area contributed by atoms with Gasteiger partial charge in [-0.25, -0.2) is 0 Å². The van der Waals surface area contributed by atoms with E-state index in [1.54, 1.807) is 13.8 Å². The van der Waals surface area contributed by atoms with Crippen LogP contribution in [0.1, 0.15) is 108 Å². The van der Waals surface area contributed by atoms with Crippen molar-refractivity contribution in [1.82, 2.24) is 0 Å². The average Bonchev–Trinajstić information content (AvgIpc) is 3.41. The Hall–Kier alpha value is -5.88. The summed E-state index contributed by atoms with van der Waals surface area (Å²) in [5, 5.41) is 92.5. The first-order chi connectivity index (χ1) is 37.9. The highest BCUT2D eigenvalue weighted by atomic mass is 16.6. The van der Waals surface area contributed by atoms with Crippen molar-refractivity contribution in [1.29, 1.82) is 0 Å². The lowest BCUT2D eigenvalue weighted by atomic mass is 9.71. The molecule has 0 aromatic heterocycles. The van der Waals surface area contributed by atoms with Crippen LogP contribution in [0.4, 0.5) is 0 Å². The first kappa shape index (κ1) is 73.1. The molecule has 2 rings (SSSR count). The van der Waals surface area contributed by atoms with Crippen molar-refractivity contribution >= 4 is 35.8 Å². The molecule has 0 amide bonds. The van der Waals surface area contributed by atoms with Gasteiger partial charge in [-0.3, -0.25) is 24.0 Å². The van der Waals surface area contributed by atoms with Crippen molar-refractivity contribution in [3.63, 3.8) is 0 Å². The van der Waals surface area contributed by atoms with Crippen LogP contribution in [0.15, 0.2) is 130 Å². The van der Waals surface area contributed by atoms with Crippen LogP contribution in [0.5, 0.6) is 0 Å². The first-order valence-electron chi connectivity index (χ1n) is 26.6. The molecule has 0 fully saturated rings. The van der Waals surface area contributed by atoms with Crippen LogP contribution in [0.25, 0.3) is 0 Å². The monoisotopic (exact) mass is 1140 g/mol. The van der Waals surface area contributed by atoms with E-state index in [1.807, 2.05) is 140 Å². The smallest absolute Gasteiger partial charge is 0.307 e. The number of ether oxygens (including phenoxy) is 4. The number of hydrogen-bond acceptors (Lipinski definition) is 20. The van der Waals surface area contributed by atoms with E-state index >= 15 is 0 Å². The Balaban J connectivity index is 0.00000222. The van der Waals surface area contributed by atoms with Gasteiger partial charge in [-0.05, 0) is 74.7 Å². The van der Waals surface area contributed by atoms with Gasteiger partial charge in [0.15, 0.2) is 23.8 Å². The summed E-state index contributed by atoms with van der Waals surface area (Å²) in [7, 11) is 1.32. The molecule has 10 atom stereocenters. The lowest BCUT2D eigenvalue weighted by molar-refractivity contribution is -0.161. The maximum atomic E-state index is 13.3. The summed E-state index contributed by atoms with van der Waals surface area (Å²) in [5.41, 5.74) is 5.83. The Kier molecular flexibility index (Phi) is 33.0. The van der Waals surface area contributed by atoms with Gasteiger partial charge < -0.3 is 74.8 Å². The topological polar surface area (TPSA) is 342 Å². The molecule has 2 aliphatic carbocycles. The zero-order valence-corrected chi connectivity index (χ0v) is 48.6. The summed E-state index contributed by atoms with van der Waals surface area (Å²) in [6.45, 7) is 16.9. The number of hydrogen-bond donors (Lipinski definition) is 10. The van der Waals surface area contributed by atoms with E-state index in [-0.39, 0.29) is 37.4 Å². The normalized spacial score (nSPS) is 21.5. The minimum atomic E-state index is -1.90. The molecule has 2 aliphatic rings. The molecular weight excluding hydrogens is 1050 g/mol. The zero-order valence-electron chi connectivity index (χ0n) is 48.6. The number of aldehydes is 1. The molecule has 81 heavy (non-hydrogen) atoms. The summed E-state index contributed by atoms with van der Waals surface area (Å²) >= 11 is 0. The number of ketones is 2. The molecule has 0 heterocycles. The number of aliphatic hydroxyl groups is 10. The Morgan fingerprint density at radius 3 is 1.26 bits per heavy atom. The fourth-order valence-electron chi connectivity index (χ4n) is 8.32. The number of Topliss-reactive ketones (excluding diaryl/α,β-unsaturated/α-hetero) is 2. The van der Waals surface area contributed by atoms with Crippen LogP contribution in [0.2, 0.25) is 0 Å². The van der Waals surface area contributed by atoms with Gasteiger partial charge in [0.1, 0.15) is 61.7 Å². The fraction of sp³-hybridized carbons (Fsp3) is 0.541. The summed E-state index contributed by atoms with van der Waals surface area (Å²) in [6, 6.07) is 0. The van der Waals surface area contributed by atoms with E-state index < -0.39 is 122 Å². The van der Waals surface area contributed by atoms with Crippen LogP contribution in [-0.2, 0) is 47.7 Å². The fourth-order valence-corrected chi connectivity index (χ4v) is 8.32. The lowest BCUT2D eigenvalue weighted by Gasteiger charge is -2.36. The Morgan fingerprint density at radius 2 is 0.877 bits per heavy atom. The average molecular weight is 1140 g/mol. The van der Waals surface area contributed by atoms with Gasteiger partial charge in [0.25, 0.3) is 0 Å². The highest BCUT2D eigenvalue weighted by molar-refractivity contribution is 6.02. The van der Waals surface area contributed by atoms with Crippen LogP contribution < -0.4 is 0 Å². The van der Waals surface area contributed by atoms with Gasteiger partial charge in [-0.1, -0.05) is 135 Å². The van der Waals surface area contributed by atoms with Gasteiger partial charge in [0, 0.05) is 26.4 Å². The molecule has 0 bridgehead atoms. The second-order valence-electron chi connectivity index (χ2n) is 21.3. The molecule has 0 aliphatic heterocycles. The summed E-state index contributed by atoms with van der Waals surface area (Å²) in [4.78, 5) is 73.7. The molecule has 0 aromatic rings. The number of aliphatic hydroxyl groups excluding tert-OH is 10. The number of carbonyl (C=O) groups excluding carboxylic acids is 6. The molecule has 0 aromatic carbocycles. The first-order valence-corrected chi connectivity index (χ1v) is 26.6. The molecule has 452 valence electrons. The van der Waals surface area contributed by atoms with Crippen molar-refractivity contribution in [2.75, 3.05) is 33.5 Å². The maximum absolute atomic E-state index is 13.3. The minimum absolute atomic E-state index is 0.0402. The lowest BCUT2D eigenvalue weighted by Crippen LogP contribution is -2.47. The maximum Gasteiger partial charge on any atom is 0.307 e. The van der Waals surface area contributed by atoms with Gasteiger partial charge in [0.05, 0.1) is 39.1 Å². The Morgan fingerprint density at radius 1 is 0.531 bits per heavy atom. The molecule has 0 spiro atoms. The summed E-state index contributed by atoms with van der Waals surface area (Å²) in [6.07, 6.45) is 12.9. The molecule has 20 nitrogen and oxygen atoms in total. The SMILES string of the molecule is CC1=C(/C=C/C(C)=C/C=C/C(C)=C/C=C/C=C(C)/C=C/C=C(C)/C=C/C2=C(C)C(=O)C(OC(=O)CCC(=O)OCC(O)C(O)C(O)C(O)CO)CC2(C)C)C(C)(C)CC(OC(=O)CCC=O)C1=O.COCC(O)C(O)C(O)C(O)CO. The van der Waals surface area contributed by atoms with E-state index in [0.29, 0.717) is 23.9 Å². The highest BCUT2D eigenvalue weighted by Gasteiger charge is 2.41. The standard InChI is InChI=1S/C54H72O14.C7H16O6/c1-34(18-13-20-36(3)23-25-40-38(5)49(62)44(30-53(40,7)8)67-47(60)22-15-29-55)16-11-12-17-35(2)19-14-21-37(4)24-26-41-39(6)50(63)45(31-54(41,9)10)68-48(61)28-27-46(59)66-33-43(58)52(65)51(64)42(57)32-56;1-13-3-5(10)7(12)6(11)4(9)2-8/h11-14,16-21,23-26,29,42-45,51-52,56-58,64-65H,15,22,27-28,30-33H2,1-10H3;4-12H,2-3H2,1H3/b12-11+,18-13+,19-14+,25-23+,26-24+,34-16+,35-17+,36-20+,37-21+;. The Bertz CT molecular complexity index is 2460. The molecule has 10 unspecified atom stereocenters. The van der Waals surface area contributed by atoms with Crippen molar-refractivity contribution in [2.45, 2.75) is 169 Å². The third-order valence-corrected chi connectivity index (χ3v) is 13.2. The quantitative estimate of drug-likeness (QED) is 0.0211. The van der Waals surface area contributed by atoms with Crippen LogP contribution >= 0.6 is 0 Å². The highest BCUT2D eigenvalue weighted by Crippen LogP contribution is 2.42. The van der Waals surface area contributed by atoms with E-state index in [0.717, 1.165) is 33.4 Å². The minimum Gasteiger partial charge on any atom is -0.463 e.